The van der Waals surface area contributed by atoms with Gasteiger partial charge >= 0.3 is 0 Å². The minimum atomic E-state index is 0.120. The number of hydrogen-bond acceptors (Lipinski definition) is 3. The minimum absolute atomic E-state index is 0.120. The van der Waals surface area contributed by atoms with Crippen LogP contribution in [0.4, 0.5) is 0 Å². The van der Waals surface area contributed by atoms with Gasteiger partial charge in [-0.25, -0.2) is 0 Å². The predicted octanol–water partition coefficient (Wildman–Crippen LogP) is 1.80. The van der Waals surface area contributed by atoms with Gasteiger partial charge in [-0.15, -0.1) is 0 Å². The fourth-order valence-corrected chi connectivity index (χ4v) is 4.25. The highest BCUT2D eigenvalue weighted by Gasteiger charge is 2.58. The fraction of sp³-hybridized carbons (Fsp3) is 1.00. The number of ether oxygens (including phenoxy) is 1. The predicted molar refractivity (Wildman–Crippen MR) is 68.9 cm³/mol. The molecule has 0 spiro atoms. The Morgan fingerprint density at radius 3 is 2.65 bits per heavy atom. The van der Waals surface area contributed by atoms with Gasteiger partial charge in [-0.2, -0.15) is 0 Å². The molecule has 0 aromatic rings. The van der Waals surface area contributed by atoms with Crippen LogP contribution in [-0.2, 0) is 4.74 Å². The van der Waals surface area contributed by atoms with Crippen molar-refractivity contribution >= 4 is 0 Å². The van der Waals surface area contributed by atoms with E-state index in [1.165, 1.54) is 19.3 Å². The zero-order valence-corrected chi connectivity index (χ0v) is 11.5. The second-order valence-electron chi connectivity index (χ2n) is 6.64. The monoisotopic (exact) mass is 241 g/mol. The van der Waals surface area contributed by atoms with Crippen LogP contribution in [0, 0.1) is 16.7 Å². The fourth-order valence-electron chi connectivity index (χ4n) is 4.25. The first-order chi connectivity index (χ1) is 8.00. The Labute approximate surface area is 105 Å². The summed E-state index contributed by atoms with van der Waals surface area (Å²) in [5.74, 6) is 0.892. The molecule has 0 amide bonds. The SMILES string of the molecule is CC12CCC(C1)C(C)(C)C2NCCOCCO. The van der Waals surface area contributed by atoms with Gasteiger partial charge in [0, 0.05) is 12.6 Å². The number of hydrogen-bond donors (Lipinski definition) is 2. The molecule has 3 heteroatoms. The van der Waals surface area contributed by atoms with Gasteiger partial charge in [0.15, 0.2) is 0 Å². The Morgan fingerprint density at radius 2 is 2.06 bits per heavy atom. The van der Waals surface area contributed by atoms with Crippen LogP contribution in [0.5, 0.6) is 0 Å². The third-order valence-corrected chi connectivity index (χ3v) is 5.10. The molecule has 2 fully saturated rings. The molecule has 2 aliphatic carbocycles. The average molecular weight is 241 g/mol. The smallest absolute Gasteiger partial charge is 0.0698 e. The van der Waals surface area contributed by atoms with Crippen molar-refractivity contribution in [3.05, 3.63) is 0 Å². The van der Waals surface area contributed by atoms with Crippen LogP contribution in [0.3, 0.4) is 0 Å². The summed E-state index contributed by atoms with van der Waals surface area (Å²) in [5.41, 5.74) is 0.912. The van der Waals surface area contributed by atoms with Gasteiger partial charge in [-0.05, 0) is 36.0 Å². The van der Waals surface area contributed by atoms with E-state index >= 15 is 0 Å². The van der Waals surface area contributed by atoms with E-state index in [9.17, 15) is 0 Å². The molecule has 17 heavy (non-hydrogen) atoms. The first kappa shape index (κ1) is 13.3. The third kappa shape index (κ3) is 2.38. The highest BCUT2D eigenvalue weighted by Crippen LogP contribution is 2.62. The minimum Gasteiger partial charge on any atom is -0.394 e. The first-order valence-electron chi connectivity index (χ1n) is 6.93. The van der Waals surface area contributed by atoms with Crippen molar-refractivity contribution in [1.29, 1.82) is 0 Å². The van der Waals surface area contributed by atoms with Gasteiger partial charge < -0.3 is 15.2 Å². The summed E-state index contributed by atoms with van der Waals surface area (Å²) in [6.07, 6.45) is 4.16. The second kappa shape index (κ2) is 4.87. The molecule has 3 atom stereocenters. The highest BCUT2D eigenvalue weighted by molar-refractivity contribution is 5.11. The van der Waals surface area contributed by atoms with Crippen LogP contribution in [0.15, 0.2) is 0 Å². The quantitative estimate of drug-likeness (QED) is 0.697. The van der Waals surface area contributed by atoms with E-state index in [-0.39, 0.29) is 6.61 Å². The number of aliphatic hydroxyl groups is 1. The van der Waals surface area contributed by atoms with Crippen molar-refractivity contribution in [3.63, 3.8) is 0 Å². The van der Waals surface area contributed by atoms with Gasteiger partial charge in [0.25, 0.3) is 0 Å². The van der Waals surface area contributed by atoms with E-state index in [0.29, 0.717) is 30.1 Å². The Hall–Kier alpha value is -0.120. The average Bonchev–Trinajstić information content (AvgIpc) is 2.73. The summed E-state index contributed by atoms with van der Waals surface area (Å²) in [6.45, 7) is 9.44. The lowest BCUT2D eigenvalue weighted by Crippen LogP contribution is -2.51. The molecule has 0 aromatic heterocycles. The standard InChI is InChI=1S/C14H27NO2/c1-13(2)11-4-5-14(3,10-11)12(13)15-6-8-17-9-7-16/h11-12,15-16H,4-10H2,1-3H3. The molecule has 3 nitrogen and oxygen atoms in total. The zero-order chi connectivity index (χ0) is 12.5. The molecule has 2 saturated carbocycles. The number of fused-ring (bicyclic) bond motifs is 2. The van der Waals surface area contributed by atoms with Crippen molar-refractivity contribution in [1.82, 2.24) is 5.32 Å². The molecule has 0 saturated heterocycles. The maximum atomic E-state index is 8.64. The Kier molecular flexibility index (Phi) is 3.81. The molecule has 2 bridgehead atoms. The van der Waals surface area contributed by atoms with Crippen LogP contribution in [0.1, 0.15) is 40.0 Å². The zero-order valence-electron chi connectivity index (χ0n) is 11.5. The van der Waals surface area contributed by atoms with Crippen LogP contribution in [0.2, 0.25) is 0 Å². The van der Waals surface area contributed by atoms with Crippen molar-refractivity contribution in [2.75, 3.05) is 26.4 Å². The number of nitrogens with one attached hydrogen (secondary N) is 1. The summed E-state index contributed by atoms with van der Waals surface area (Å²) in [6, 6.07) is 0.617. The summed E-state index contributed by atoms with van der Waals surface area (Å²) >= 11 is 0. The lowest BCUT2D eigenvalue weighted by Gasteiger charge is -2.43. The lowest BCUT2D eigenvalue weighted by atomic mass is 9.68. The van der Waals surface area contributed by atoms with Gasteiger partial charge in [-0.3, -0.25) is 0 Å². The van der Waals surface area contributed by atoms with Crippen LogP contribution in [-0.4, -0.2) is 37.5 Å². The third-order valence-electron chi connectivity index (χ3n) is 5.10. The van der Waals surface area contributed by atoms with Gasteiger partial charge in [0.2, 0.25) is 0 Å². The van der Waals surface area contributed by atoms with Crippen molar-refractivity contribution in [2.24, 2.45) is 16.7 Å². The van der Waals surface area contributed by atoms with Crippen LogP contribution in [0.25, 0.3) is 0 Å². The largest absolute Gasteiger partial charge is 0.394 e. The highest BCUT2D eigenvalue weighted by atomic mass is 16.5. The summed E-state index contributed by atoms with van der Waals surface area (Å²) < 4.78 is 5.31. The van der Waals surface area contributed by atoms with E-state index in [1.54, 1.807) is 0 Å². The van der Waals surface area contributed by atoms with E-state index < -0.39 is 0 Å². The molecule has 0 heterocycles. The molecule has 2 rings (SSSR count). The Bertz CT molecular complexity index is 262. The van der Waals surface area contributed by atoms with Gasteiger partial charge in [0.1, 0.15) is 0 Å². The second-order valence-corrected chi connectivity index (χ2v) is 6.64. The molecular formula is C14H27NO2. The van der Waals surface area contributed by atoms with E-state index in [2.05, 4.69) is 26.1 Å². The van der Waals surface area contributed by atoms with Crippen molar-refractivity contribution in [3.8, 4) is 0 Å². The summed E-state index contributed by atoms with van der Waals surface area (Å²) in [7, 11) is 0. The van der Waals surface area contributed by atoms with Crippen molar-refractivity contribution < 1.29 is 9.84 Å². The van der Waals surface area contributed by atoms with Gasteiger partial charge in [0.05, 0.1) is 19.8 Å². The summed E-state index contributed by atoms with van der Waals surface area (Å²) in [5, 5.41) is 12.3. The Balaban J connectivity index is 1.83. The molecule has 0 aromatic carbocycles. The molecule has 100 valence electrons. The van der Waals surface area contributed by atoms with E-state index in [1.807, 2.05) is 0 Å². The van der Waals surface area contributed by atoms with Crippen LogP contribution >= 0.6 is 0 Å². The molecule has 0 radical (unpaired) electrons. The van der Waals surface area contributed by atoms with Crippen LogP contribution < -0.4 is 5.32 Å². The normalized spacial score (nSPS) is 38.8. The van der Waals surface area contributed by atoms with E-state index in [0.717, 1.165) is 12.5 Å². The maximum absolute atomic E-state index is 8.64. The Morgan fingerprint density at radius 1 is 1.29 bits per heavy atom. The topological polar surface area (TPSA) is 41.5 Å². The lowest BCUT2D eigenvalue weighted by molar-refractivity contribution is 0.0723. The van der Waals surface area contributed by atoms with E-state index in [4.69, 9.17) is 9.84 Å². The summed E-state index contributed by atoms with van der Waals surface area (Å²) in [4.78, 5) is 0. The first-order valence-corrected chi connectivity index (χ1v) is 6.93. The molecule has 2 aliphatic rings. The number of rotatable bonds is 6. The molecule has 0 aliphatic heterocycles. The van der Waals surface area contributed by atoms with Gasteiger partial charge in [-0.1, -0.05) is 20.8 Å². The molecule has 2 N–H and O–H groups in total. The maximum Gasteiger partial charge on any atom is 0.0698 e. The molecular weight excluding hydrogens is 214 g/mol. The van der Waals surface area contributed by atoms with Crippen molar-refractivity contribution in [2.45, 2.75) is 46.1 Å². The molecule has 3 unspecified atom stereocenters. The number of aliphatic hydroxyl groups excluding tert-OH is 1.